The average molecular weight is 570 g/mol. The Bertz CT molecular complexity index is 2320. The van der Waals surface area contributed by atoms with Crippen LogP contribution in [0.5, 0.6) is 0 Å². The van der Waals surface area contributed by atoms with Crippen LogP contribution in [0.2, 0.25) is 0 Å². The van der Waals surface area contributed by atoms with E-state index in [1.165, 1.54) is 49.5 Å². The number of para-hydroxylation sites is 4. The van der Waals surface area contributed by atoms with Gasteiger partial charge >= 0.3 is 0 Å². The van der Waals surface area contributed by atoms with Crippen molar-refractivity contribution < 1.29 is 4.57 Å². The van der Waals surface area contributed by atoms with Crippen LogP contribution < -0.4 is 4.57 Å². The van der Waals surface area contributed by atoms with Crippen LogP contribution in [0.1, 0.15) is 30.5 Å². The zero-order valence-corrected chi connectivity index (χ0v) is 25.1. The molecule has 44 heavy (non-hydrogen) atoms. The molecule has 0 aliphatic rings. The smallest absolute Gasteiger partial charge is 0.255 e. The van der Waals surface area contributed by atoms with E-state index in [1.54, 1.807) is 0 Å². The van der Waals surface area contributed by atoms with Crippen molar-refractivity contribution in [1.82, 2.24) is 14.1 Å². The van der Waals surface area contributed by atoms with Crippen LogP contribution in [0, 0.1) is 6.92 Å². The molecule has 8 aromatic rings. The Kier molecular flexibility index (Phi) is 5.98. The number of imidazole rings is 1. The molecule has 0 bridgehead atoms. The summed E-state index contributed by atoms with van der Waals surface area (Å²) < 4.78 is 6.87. The van der Waals surface area contributed by atoms with E-state index in [2.05, 4.69) is 168 Å². The number of hydrogen-bond acceptors (Lipinski definition) is 1. The van der Waals surface area contributed by atoms with Crippen LogP contribution in [-0.4, -0.2) is 14.1 Å². The number of benzene rings is 5. The van der Waals surface area contributed by atoms with Gasteiger partial charge in [0.15, 0.2) is 11.0 Å². The Balaban J connectivity index is 1.27. The van der Waals surface area contributed by atoms with Crippen molar-refractivity contribution in [3.8, 4) is 17.2 Å². The minimum Gasteiger partial charge on any atom is -0.294 e. The van der Waals surface area contributed by atoms with E-state index in [-0.39, 0.29) is 5.41 Å². The predicted molar refractivity (Wildman–Crippen MR) is 180 cm³/mol. The Hall–Kier alpha value is -5.48. The van der Waals surface area contributed by atoms with E-state index in [1.807, 2.05) is 12.3 Å². The lowest BCUT2D eigenvalue weighted by Gasteiger charge is -2.26. The van der Waals surface area contributed by atoms with E-state index < -0.39 is 0 Å². The molecule has 8 rings (SSSR count). The second-order valence-electron chi connectivity index (χ2n) is 12.1. The van der Waals surface area contributed by atoms with E-state index in [0.29, 0.717) is 0 Å². The van der Waals surface area contributed by atoms with Crippen molar-refractivity contribution in [1.29, 1.82) is 0 Å². The van der Waals surface area contributed by atoms with Gasteiger partial charge in [-0.05, 0) is 84.3 Å². The first kappa shape index (κ1) is 26.2. The quantitative estimate of drug-likeness (QED) is 0.190. The second kappa shape index (κ2) is 10.1. The van der Waals surface area contributed by atoms with Crippen LogP contribution in [0.3, 0.4) is 0 Å². The monoisotopic (exact) mass is 569 g/mol. The largest absolute Gasteiger partial charge is 0.294 e. The van der Waals surface area contributed by atoms with Gasteiger partial charge in [0.05, 0.1) is 11.0 Å². The SMILES string of the molecule is Cc1ccnc(-n2c3ccccc3c3ccc(C(C)(C)c4cccc(-n5c[n+](-c6ccccc6)c6ccccc65)c4)cc32)c1. The summed E-state index contributed by atoms with van der Waals surface area (Å²) in [4.78, 5) is 4.78. The van der Waals surface area contributed by atoms with Gasteiger partial charge in [-0.15, -0.1) is 0 Å². The standard InChI is InChI=1S/C40H33N4/c1-28-22-23-41-39(24-28)44-35-17-8-7-16-33(35)34-21-20-30(26-38(34)44)40(2,3)29-12-11-15-32(25-29)43-27-42(31-13-5-4-6-14-31)36-18-9-10-19-37(36)43/h4-27H,1-3H3/q+1. The minimum absolute atomic E-state index is 0.246. The molecule has 0 aliphatic heterocycles. The maximum absolute atomic E-state index is 4.78. The van der Waals surface area contributed by atoms with Crippen molar-refractivity contribution in [3.63, 3.8) is 0 Å². The van der Waals surface area contributed by atoms with Gasteiger partial charge in [0.25, 0.3) is 6.33 Å². The topological polar surface area (TPSA) is 26.6 Å². The summed E-state index contributed by atoms with van der Waals surface area (Å²) in [5.41, 5.74) is 10.4. The predicted octanol–water partition coefficient (Wildman–Crippen LogP) is 9.03. The van der Waals surface area contributed by atoms with Gasteiger partial charge in [0, 0.05) is 22.4 Å². The number of nitrogens with zero attached hydrogens (tertiary/aromatic N) is 4. The number of pyridine rings is 1. The molecule has 0 aliphatic carbocycles. The Morgan fingerprint density at radius 2 is 1.34 bits per heavy atom. The maximum Gasteiger partial charge on any atom is 0.255 e. The molecule has 4 heteroatoms. The first-order valence-corrected chi connectivity index (χ1v) is 15.1. The fourth-order valence-corrected chi connectivity index (χ4v) is 6.57. The molecule has 3 heterocycles. The van der Waals surface area contributed by atoms with Crippen molar-refractivity contribution in [3.05, 3.63) is 163 Å². The van der Waals surface area contributed by atoms with E-state index >= 15 is 0 Å². The summed E-state index contributed by atoms with van der Waals surface area (Å²) in [7, 11) is 0. The molecule has 0 unspecified atom stereocenters. The molecule has 0 amide bonds. The molecule has 0 atom stereocenters. The lowest BCUT2D eigenvalue weighted by molar-refractivity contribution is -0.567. The van der Waals surface area contributed by atoms with Crippen LogP contribution in [0.4, 0.5) is 0 Å². The number of aromatic nitrogens is 4. The van der Waals surface area contributed by atoms with Crippen LogP contribution in [-0.2, 0) is 5.41 Å². The van der Waals surface area contributed by atoms with Gasteiger partial charge in [-0.25, -0.2) is 4.98 Å². The van der Waals surface area contributed by atoms with Gasteiger partial charge in [0.1, 0.15) is 17.2 Å². The number of fused-ring (bicyclic) bond motifs is 4. The Labute approximate surface area is 257 Å². The molecular weight excluding hydrogens is 536 g/mol. The first-order valence-electron chi connectivity index (χ1n) is 15.1. The van der Waals surface area contributed by atoms with Crippen LogP contribution in [0.15, 0.2) is 146 Å². The third kappa shape index (κ3) is 4.14. The van der Waals surface area contributed by atoms with Crippen molar-refractivity contribution in [2.24, 2.45) is 0 Å². The van der Waals surface area contributed by atoms with Gasteiger partial charge < -0.3 is 0 Å². The molecule has 0 N–H and O–H groups in total. The average Bonchev–Trinajstić information content (AvgIpc) is 3.61. The van der Waals surface area contributed by atoms with Crippen molar-refractivity contribution >= 4 is 32.8 Å². The summed E-state index contributed by atoms with van der Waals surface area (Å²) in [6, 6.07) is 47.9. The minimum atomic E-state index is -0.246. The van der Waals surface area contributed by atoms with Gasteiger partial charge in [-0.1, -0.05) is 86.6 Å². The number of hydrogen-bond donors (Lipinski definition) is 0. The molecular formula is C40H33N4+. The molecule has 212 valence electrons. The first-order chi connectivity index (χ1) is 21.5. The molecule has 0 saturated heterocycles. The Morgan fingerprint density at radius 3 is 2.18 bits per heavy atom. The highest BCUT2D eigenvalue weighted by Crippen LogP contribution is 2.38. The van der Waals surface area contributed by atoms with E-state index in [0.717, 1.165) is 17.2 Å². The third-order valence-electron chi connectivity index (χ3n) is 9.04. The number of rotatable bonds is 5. The molecule has 5 aromatic carbocycles. The summed E-state index contributed by atoms with van der Waals surface area (Å²) in [6.07, 6.45) is 4.10. The summed E-state index contributed by atoms with van der Waals surface area (Å²) >= 11 is 0. The van der Waals surface area contributed by atoms with Crippen LogP contribution >= 0.6 is 0 Å². The third-order valence-corrected chi connectivity index (χ3v) is 9.04. The number of aryl methyl sites for hydroxylation is 1. The lowest BCUT2D eigenvalue weighted by Crippen LogP contribution is -2.28. The molecule has 3 aromatic heterocycles. The van der Waals surface area contributed by atoms with Gasteiger partial charge in [-0.3, -0.25) is 4.57 Å². The normalized spacial score (nSPS) is 12.0. The van der Waals surface area contributed by atoms with Crippen molar-refractivity contribution in [2.45, 2.75) is 26.2 Å². The zero-order valence-electron chi connectivity index (χ0n) is 25.1. The Morgan fingerprint density at radius 1 is 0.614 bits per heavy atom. The molecule has 4 nitrogen and oxygen atoms in total. The van der Waals surface area contributed by atoms with Crippen molar-refractivity contribution in [2.75, 3.05) is 0 Å². The summed E-state index contributed by atoms with van der Waals surface area (Å²) in [5.74, 6) is 0.944. The highest BCUT2D eigenvalue weighted by Gasteiger charge is 2.27. The zero-order chi connectivity index (χ0) is 29.8. The second-order valence-corrected chi connectivity index (χ2v) is 12.1. The fraction of sp³-hybridized carbons (Fsp3) is 0.100. The maximum atomic E-state index is 4.78. The summed E-state index contributed by atoms with van der Waals surface area (Å²) in [6.45, 7) is 6.77. The van der Waals surface area contributed by atoms with E-state index in [9.17, 15) is 0 Å². The lowest BCUT2D eigenvalue weighted by atomic mass is 9.77. The van der Waals surface area contributed by atoms with Gasteiger partial charge in [-0.2, -0.15) is 9.13 Å². The molecule has 0 radical (unpaired) electrons. The molecule has 0 saturated carbocycles. The van der Waals surface area contributed by atoms with Crippen LogP contribution in [0.25, 0.3) is 50.0 Å². The molecule has 0 spiro atoms. The summed E-state index contributed by atoms with van der Waals surface area (Å²) in [5, 5.41) is 2.48. The van der Waals surface area contributed by atoms with Gasteiger partial charge in [0.2, 0.25) is 0 Å². The fourth-order valence-electron chi connectivity index (χ4n) is 6.57. The van der Waals surface area contributed by atoms with E-state index in [4.69, 9.17) is 4.98 Å². The highest BCUT2D eigenvalue weighted by atomic mass is 15.1. The highest BCUT2D eigenvalue weighted by molar-refractivity contribution is 6.09. The molecule has 0 fully saturated rings.